The number of nitrogens with zero attached hydrogens (tertiary/aromatic N) is 4. The lowest BCUT2D eigenvalue weighted by Gasteiger charge is -2.35. The monoisotopic (exact) mass is 538 g/mol. The summed E-state index contributed by atoms with van der Waals surface area (Å²) in [5.41, 5.74) is 0.702. The molecule has 3 aromatic heterocycles. The highest BCUT2D eigenvalue weighted by Crippen LogP contribution is 2.29. The van der Waals surface area contributed by atoms with E-state index >= 15 is 0 Å². The summed E-state index contributed by atoms with van der Waals surface area (Å²) in [5.74, 6) is -0.604. The van der Waals surface area contributed by atoms with E-state index in [0.717, 1.165) is 48.7 Å². The van der Waals surface area contributed by atoms with E-state index in [1.54, 1.807) is 17.4 Å². The molecule has 1 fully saturated rings. The standard InChI is InChI=1S/C24H23FN4O3S.2ClH/c25-17-1-2-18-16(13-22(30)29(15-23(31)32)20(18)14-17)4-7-27-8-10-28(11-9-27)24-19-5-12-33-21(19)3-6-26-24;;/h1-3,5-6,12-14H,4,7-11,15H2,(H,31,32);2*1H. The van der Waals surface area contributed by atoms with Gasteiger partial charge in [-0.05, 0) is 47.7 Å². The van der Waals surface area contributed by atoms with Gasteiger partial charge in [-0.25, -0.2) is 9.37 Å². The van der Waals surface area contributed by atoms with Crippen LogP contribution >= 0.6 is 36.2 Å². The summed E-state index contributed by atoms with van der Waals surface area (Å²) in [6.45, 7) is 3.77. The fourth-order valence-electron chi connectivity index (χ4n) is 4.52. The van der Waals surface area contributed by atoms with Crippen LogP contribution in [0.15, 0.2) is 52.8 Å². The van der Waals surface area contributed by atoms with Gasteiger partial charge in [0.15, 0.2) is 0 Å². The first kappa shape index (κ1) is 26.9. The Labute approximate surface area is 217 Å². The van der Waals surface area contributed by atoms with Crippen molar-refractivity contribution >= 4 is 68.9 Å². The van der Waals surface area contributed by atoms with Gasteiger partial charge in [-0.3, -0.25) is 19.1 Å². The van der Waals surface area contributed by atoms with E-state index in [4.69, 9.17) is 5.11 Å². The Morgan fingerprint density at radius 1 is 1.06 bits per heavy atom. The summed E-state index contributed by atoms with van der Waals surface area (Å²) < 4.78 is 16.2. The van der Waals surface area contributed by atoms with Crippen LogP contribution in [0.4, 0.5) is 10.2 Å². The first-order chi connectivity index (χ1) is 16.0. The molecule has 0 atom stereocenters. The van der Waals surface area contributed by atoms with Gasteiger partial charge < -0.3 is 10.0 Å². The van der Waals surface area contributed by atoms with E-state index in [2.05, 4.69) is 26.2 Å². The fourth-order valence-corrected chi connectivity index (χ4v) is 5.30. The Hall–Kier alpha value is -2.72. The molecule has 186 valence electrons. The van der Waals surface area contributed by atoms with Crippen molar-refractivity contribution in [3.63, 3.8) is 0 Å². The molecule has 0 radical (unpaired) electrons. The predicted octanol–water partition coefficient (Wildman–Crippen LogP) is 4.04. The number of carboxylic acids is 1. The molecule has 0 spiro atoms. The molecule has 1 aromatic carbocycles. The molecule has 4 aromatic rings. The number of aromatic nitrogens is 2. The second-order valence-corrected chi connectivity index (χ2v) is 9.14. The Morgan fingerprint density at radius 3 is 2.57 bits per heavy atom. The van der Waals surface area contributed by atoms with Crippen LogP contribution in [-0.4, -0.2) is 58.3 Å². The van der Waals surface area contributed by atoms with Gasteiger partial charge in [0.05, 0.1) is 5.52 Å². The maximum atomic E-state index is 13.9. The predicted molar refractivity (Wildman–Crippen MR) is 142 cm³/mol. The summed E-state index contributed by atoms with van der Waals surface area (Å²) in [7, 11) is 0. The number of thiophene rings is 1. The molecule has 1 N–H and O–H groups in total. The number of carboxylic acid groups (broad SMARTS) is 1. The summed E-state index contributed by atoms with van der Waals surface area (Å²) >= 11 is 1.72. The molecule has 0 unspecified atom stereocenters. The van der Waals surface area contributed by atoms with Crippen molar-refractivity contribution in [1.29, 1.82) is 0 Å². The zero-order valence-electron chi connectivity index (χ0n) is 18.7. The SMILES string of the molecule is Cl.Cl.O=C(O)Cn1c(=O)cc(CCN2CCN(c3nccc4sccc34)CC2)c2ccc(F)cc21. The van der Waals surface area contributed by atoms with Crippen molar-refractivity contribution in [3.05, 3.63) is 69.7 Å². The largest absolute Gasteiger partial charge is 0.480 e. The Kier molecular flexibility index (Phi) is 8.71. The van der Waals surface area contributed by atoms with Crippen LogP contribution in [0.5, 0.6) is 0 Å². The maximum absolute atomic E-state index is 13.9. The van der Waals surface area contributed by atoms with Crippen LogP contribution < -0.4 is 10.5 Å². The lowest BCUT2D eigenvalue weighted by atomic mass is 10.0. The van der Waals surface area contributed by atoms with Crippen LogP contribution in [0.3, 0.4) is 0 Å². The minimum absolute atomic E-state index is 0. The number of rotatable bonds is 6. The smallest absolute Gasteiger partial charge is 0.323 e. The van der Waals surface area contributed by atoms with Crippen molar-refractivity contribution in [2.24, 2.45) is 0 Å². The van der Waals surface area contributed by atoms with Gasteiger partial charge in [0.1, 0.15) is 18.2 Å². The molecule has 35 heavy (non-hydrogen) atoms. The molecule has 0 saturated carbocycles. The fraction of sp³-hybridized carbons (Fsp3) is 0.292. The van der Waals surface area contributed by atoms with Crippen LogP contribution in [0.2, 0.25) is 0 Å². The normalized spacial score (nSPS) is 14.0. The van der Waals surface area contributed by atoms with Crippen LogP contribution in [-0.2, 0) is 17.8 Å². The maximum Gasteiger partial charge on any atom is 0.323 e. The molecule has 5 rings (SSSR count). The highest BCUT2D eigenvalue weighted by Gasteiger charge is 2.20. The van der Waals surface area contributed by atoms with Crippen molar-refractivity contribution < 1.29 is 14.3 Å². The number of hydrogen-bond donors (Lipinski definition) is 1. The zero-order chi connectivity index (χ0) is 22.9. The van der Waals surface area contributed by atoms with E-state index < -0.39 is 23.9 Å². The zero-order valence-corrected chi connectivity index (χ0v) is 21.2. The van der Waals surface area contributed by atoms with Crippen molar-refractivity contribution in [2.75, 3.05) is 37.6 Å². The Morgan fingerprint density at radius 2 is 1.83 bits per heavy atom. The van der Waals surface area contributed by atoms with E-state index in [0.29, 0.717) is 17.3 Å². The van der Waals surface area contributed by atoms with Crippen molar-refractivity contribution in [3.8, 4) is 0 Å². The third kappa shape index (κ3) is 5.59. The van der Waals surface area contributed by atoms with Crippen molar-refractivity contribution in [2.45, 2.75) is 13.0 Å². The highest BCUT2D eigenvalue weighted by molar-refractivity contribution is 7.17. The molecular weight excluding hydrogens is 514 g/mol. The van der Waals surface area contributed by atoms with Gasteiger partial charge in [0.25, 0.3) is 5.56 Å². The number of hydrogen-bond acceptors (Lipinski definition) is 6. The Balaban J connectivity index is 0.00000171. The minimum atomic E-state index is -1.14. The van der Waals surface area contributed by atoms with Crippen molar-refractivity contribution in [1.82, 2.24) is 14.5 Å². The Bertz CT molecular complexity index is 1400. The molecule has 1 saturated heterocycles. The van der Waals surface area contributed by atoms with E-state index in [9.17, 15) is 14.0 Å². The quantitative estimate of drug-likeness (QED) is 0.399. The molecule has 7 nitrogen and oxygen atoms in total. The molecular formula is C24H25Cl2FN4O3S. The second kappa shape index (κ2) is 11.3. The molecule has 1 aliphatic rings. The van der Waals surface area contributed by atoms with Gasteiger partial charge in [-0.15, -0.1) is 36.2 Å². The molecule has 0 aliphatic carbocycles. The van der Waals surface area contributed by atoms with E-state index in [1.165, 1.54) is 28.3 Å². The van der Waals surface area contributed by atoms with Gasteiger partial charge in [0, 0.05) is 60.5 Å². The first-order valence-electron chi connectivity index (χ1n) is 10.8. The van der Waals surface area contributed by atoms with E-state index in [1.807, 2.05) is 12.3 Å². The van der Waals surface area contributed by atoms with E-state index in [-0.39, 0.29) is 24.8 Å². The number of piperazine rings is 1. The number of halogens is 3. The number of benzene rings is 1. The summed E-state index contributed by atoms with van der Waals surface area (Å²) in [6.07, 6.45) is 2.49. The molecule has 0 amide bonds. The lowest BCUT2D eigenvalue weighted by molar-refractivity contribution is -0.137. The third-order valence-corrected chi connectivity index (χ3v) is 7.06. The number of fused-ring (bicyclic) bond motifs is 2. The van der Waals surface area contributed by atoms with Gasteiger partial charge in [0.2, 0.25) is 0 Å². The van der Waals surface area contributed by atoms with Crippen LogP contribution in [0, 0.1) is 5.82 Å². The number of anilines is 1. The third-order valence-electron chi connectivity index (χ3n) is 6.18. The summed E-state index contributed by atoms with van der Waals surface area (Å²) in [5, 5.41) is 13.1. The average molecular weight is 539 g/mol. The lowest BCUT2D eigenvalue weighted by Crippen LogP contribution is -2.47. The highest BCUT2D eigenvalue weighted by atomic mass is 35.5. The molecule has 0 bridgehead atoms. The number of carbonyl (C=O) groups is 1. The number of pyridine rings is 2. The second-order valence-electron chi connectivity index (χ2n) is 8.19. The first-order valence-corrected chi connectivity index (χ1v) is 11.7. The molecule has 4 heterocycles. The summed E-state index contributed by atoms with van der Waals surface area (Å²) in [4.78, 5) is 33.0. The average Bonchev–Trinajstić information content (AvgIpc) is 3.29. The topological polar surface area (TPSA) is 78.7 Å². The van der Waals surface area contributed by atoms with Gasteiger partial charge in [-0.2, -0.15) is 0 Å². The van der Waals surface area contributed by atoms with Crippen LogP contribution in [0.1, 0.15) is 5.56 Å². The van der Waals surface area contributed by atoms with Crippen LogP contribution in [0.25, 0.3) is 21.0 Å². The summed E-state index contributed by atoms with van der Waals surface area (Å²) in [6, 6.07) is 9.86. The van der Waals surface area contributed by atoms with Gasteiger partial charge in [-0.1, -0.05) is 0 Å². The minimum Gasteiger partial charge on any atom is -0.480 e. The molecule has 11 heteroatoms. The number of aliphatic carboxylic acids is 1. The molecule has 1 aliphatic heterocycles. The van der Waals surface area contributed by atoms with Gasteiger partial charge >= 0.3 is 5.97 Å².